The minimum atomic E-state index is -0.955. The molecule has 4 rings (SSSR count). The fraction of sp³-hybridized carbons (Fsp3) is 1.00. The van der Waals surface area contributed by atoms with E-state index in [9.17, 15) is 20.2 Å². The molecule has 4 unspecified atom stereocenters. The average Bonchev–Trinajstić information content (AvgIpc) is 2.62. The van der Waals surface area contributed by atoms with Gasteiger partial charge in [0.15, 0.2) is 0 Å². The van der Waals surface area contributed by atoms with Crippen LogP contribution in [-0.2, 0) is 9.68 Å². The third kappa shape index (κ3) is 4.61. The molecule has 31 heavy (non-hydrogen) atoms. The van der Waals surface area contributed by atoms with Crippen molar-refractivity contribution >= 4 is 0 Å². The Hall–Kier alpha value is -1.64. The van der Waals surface area contributed by atoms with Crippen molar-refractivity contribution in [2.45, 2.75) is 97.5 Å². The highest BCUT2D eigenvalue weighted by Gasteiger charge is 2.68. The maximum atomic E-state index is 11.2. The summed E-state index contributed by atoms with van der Waals surface area (Å²) in [7, 11) is 0. The Bertz CT molecular complexity index is 623. The van der Waals surface area contributed by atoms with Gasteiger partial charge in [0.25, 0.3) is 10.2 Å². The first kappa shape index (κ1) is 24.0. The van der Waals surface area contributed by atoms with Crippen molar-refractivity contribution < 1.29 is 19.8 Å². The predicted octanol–water partition coefficient (Wildman–Crippen LogP) is 4.68. The molecule has 0 aliphatic heterocycles. The van der Waals surface area contributed by atoms with Crippen molar-refractivity contribution in [3.05, 3.63) is 20.2 Å². The fourth-order valence-electron chi connectivity index (χ4n) is 8.93. The SMILES string of the molecule is CCCC12CC3(CCC)CC(CCN)(C1)CC(C(C)C(CO[N+](=O)[O-])O[N+](=O)[O-])(C2)C3. The van der Waals surface area contributed by atoms with E-state index in [-0.39, 0.29) is 27.6 Å². The Balaban J connectivity index is 2.01. The van der Waals surface area contributed by atoms with Gasteiger partial charge in [-0.3, -0.25) is 0 Å². The molecule has 4 aliphatic carbocycles. The summed E-state index contributed by atoms with van der Waals surface area (Å²) < 4.78 is 0. The van der Waals surface area contributed by atoms with Gasteiger partial charge >= 0.3 is 0 Å². The van der Waals surface area contributed by atoms with Crippen molar-refractivity contribution in [3.8, 4) is 0 Å². The lowest BCUT2D eigenvalue weighted by Crippen LogP contribution is -2.64. The van der Waals surface area contributed by atoms with Gasteiger partial charge in [-0.2, -0.15) is 0 Å². The van der Waals surface area contributed by atoms with Crippen molar-refractivity contribution in [2.75, 3.05) is 13.2 Å². The highest BCUT2D eigenvalue weighted by Crippen LogP contribution is 2.78. The van der Waals surface area contributed by atoms with Crippen LogP contribution in [0.4, 0.5) is 0 Å². The number of hydrogen-bond acceptors (Lipinski definition) is 7. The molecule has 0 aromatic carbocycles. The van der Waals surface area contributed by atoms with Gasteiger partial charge in [-0.1, -0.05) is 33.6 Å². The number of hydrogen-bond donors (Lipinski definition) is 1. The largest absolute Gasteiger partial charge is 0.330 e. The van der Waals surface area contributed by atoms with E-state index in [0.717, 1.165) is 51.4 Å². The van der Waals surface area contributed by atoms with Gasteiger partial charge in [0.05, 0.1) is 0 Å². The molecule has 4 saturated carbocycles. The van der Waals surface area contributed by atoms with E-state index in [1.54, 1.807) is 0 Å². The van der Waals surface area contributed by atoms with Crippen LogP contribution in [0.25, 0.3) is 0 Å². The summed E-state index contributed by atoms with van der Waals surface area (Å²) in [5, 5.41) is 20.3. The Morgan fingerprint density at radius 3 is 1.74 bits per heavy atom. The third-order valence-corrected chi connectivity index (χ3v) is 8.76. The molecular weight excluding hydrogens is 402 g/mol. The van der Waals surface area contributed by atoms with Crippen LogP contribution < -0.4 is 5.73 Å². The highest BCUT2D eigenvalue weighted by molar-refractivity contribution is 5.18. The molecule has 0 saturated heterocycles. The van der Waals surface area contributed by atoms with Gasteiger partial charge in [0, 0.05) is 0 Å². The molecule has 4 fully saturated rings. The maximum Gasteiger partial charge on any atom is 0.294 e. The second-order valence-electron chi connectivity index (χ2n) is 11.1. The maximum absolute atomic E-state index is 11.2. The van der Waals surface area contributed by atoms with E-state index in [0.29, 0.717) is 6.54 Å². The predicted molar refractivity (Wildman–Crippen MR) is 115 cm³/mol. The molecule has 4 bridgehead atoms. The van der Waals surface area contributed by atoms with E-state index in [4.69, 9.17) is 10.6 Å². The van der Waals surface area contributed by atoms with Crippen LogP contribution in [0.3, 0.4) is 0 Å². The Morgan fingerprint density at radius 2 is 1.35 bits per heavy atom. The summed E-state index contributed by atoms with van der Waals surface area (Å²) in [4.78, 5) is 31.6. The molecule has 0 aromatic heterocycles. The second-order valence-corrected chi connectivity index (χ2v) is 11.1. The molecule has 2 N–H and O–H groups in total. The average molecular weight is 442 g/mol. The van der Waals surface area contributed by atoms with Gasteiger partial charge < -0.3 is 15.4 Å². The van der Waals surface area contributed by atoms with Crippen LogP contribution >= 0.6 is 0 Å². The van der Waals surface area contributed by atoms with Crippen LogP contribution in [0.15, 0.2) is 0 Å². The number of nitrogens with two attached hydrogens (primary N) is 1. The topological polar surface area (TPSA) is 131 Å². The van der Waals surface area contributed by atoms with Gasteiger partial charge in [-0.05, 0) is 91.9 Å². The summed E-state index contributed by atoms with van der Waals surface area (Å²) >= 11 is 0. The normalized spacial score (nSPS) is 37.9. The highest BCUT2D eigenvalue weighted by atomic mass is 17.0. The van der Waals surface area contributed by atoms with Gasteiger partial charge in [-0.25, -0.2) is 0 Å². The molecular formula is C22H39N3O6. The summed E-state index contributed by atoms with van der Waals surface area (Å²) in [5.41, 5.74) is 6.57. The number of nitrogens with zero attached hydrogens (tertiary/aromatic N) is 2. The first-order valence-corrected chi connectivity index (χ1v) is 11.9. The Kier molecular flexibility index (Phi) is 6.75. The van der Waals surface area contributed by atoms with Crippen molar-refractivity contribution in [2.24, 2.45) is 33.3 Å². The Labute approximate surface area is 184 Å². The standard InChI is InChI=1S/C22H39N3O6/c1-4-6-19-11-20(7-5-2)13-21(12-19,8-9-23)16-22(14-19,15-20)17(3)18(31-25(28)29)10-30-24(26)27/h17-18H,4-16,23H2,1-3H3. The smallest absolute Gasteiger partial charge is 0.294 e. The Morgan fingerprint density at radius 1 is 0.871 bits per heavy atom. The third-order valence-electron chi connectivity index (χ3n) is 8.76. The van der Waals surface area contributed by atoms with E-state index >= 15 is 0 Å². The molecule has 9 heteroatoms. The van der Waals surface area contributed by atoms with Crippen LogP contribution in [-0.4, -0.2) is 29.4 Å². The summed E-state index contributed by atoms with van der Waals surface area (Å²) in [5.74, 6) is -0.219. The molecule has 0 amide bonds. The lowest BCUT2D eigenvalue weighted by molar-refractivity contribution is -0.792. The first-order valence-electron chi connectivity index (χ1n) is 11.9. The molecule has 0 radical (unpaired) electrons. The van der Waals surface area contributed by atoms with Crippen LogP contribution in [0, 0.1) is 47.8 Å². The zero-order valence-electron chi connectivity index (χ0n) is 19.3. The second kappa shape index (κ2) is 8.71. The summed E-state index contributed by atoms with van der Waals surface area (Å²) in [6.45, 7) is 6.69. The van der Waals surface area contributed by atoms with Crippen molar-refractivity contribution in [1.29, 1.82) is 0 Å². The number of rotatable bonds is 13. The van der Waals surface area contributed by atoms with Crippen LogP contribution in [0.1, 0.15) is 91.4 Å². The zero-order chi connectivity index (χ0) is 22.9. The minimum Gasteiger partial charge on any atom is -0.330 e. The molecule has 9 nitrogen and oxygen atoms in total. The summed E-state index contributed by atoms with van der Waals surface area (Å²) in [6, 6.07) is 0. The van der Waals surface area contributed by atoms with E-state index in [1.165, 1.54) is 19.3 Å². The molecule has 0 aromatic rings. The quantitative estimate of drug-likeness (QED) is 0.324. The zero-order valence-corrected chi connectivity index (χ0v) is 19.3. The van der Waals surface area contributed by atoms with Crippen molar-refractivity contribution in [3.63, 3.8) is 0 Å². The van der Waals surface area contributed by atoms with Gasteiger partial charge in [0.1, 0.15) is 12.7 Å². The van der Waals surface area contributed by atoms with E-state index in [2.05, 4.69) is 18.7 Å². The van der Waals surface area contributed by atoms with Crippen LogP contribution in [0.2, 0.25) is 0 Å². The van der Waals surface area contributed by atoms with Crippen molar-refractivity contribution in [1.82, 2.24) is 0 Å². The first-order chi connectivity index (χ1) is 14.6. The molecule has 0 spiro atoms. The summed E-state index contributed by atoms with van der Waals surface area (Å²) in [6.07, 6.45) is 11.2. The van der Waals surface area contributed by atoms with Crippen LogP contribution in [0.5, 0.6) is 0 Å². The molecule has 0 heterocycles. The monoisotopic (exact) mass is 441 g/mol. The van der Waals surface area contributed by atoms with Gasteiger partial charge in [0.2, 0.25) is 0 Å². The molecule has 178 valence electrons. The lowest BCUT2D eigenvalue weighted by Gasteiger charge is -2.73. The minimum absolute atomic E-state index is 0.144. The molecule has 4 atom stereocenters. The fourth-order valence-corrected chi connectivity index (χ4v) is 8.93. The lowest BCUT2D eigenvalue weighted by atomic mass is 9.32. The molecule has 4 aliphatic rings. The van der Waals surface area contributed by atoms with Gasteiger partial charge in [-0.15, -0.1) is 20.2 Å². The van der Waals surface area contributed by atoms with E-state index < -0.39 is 22.9 Å². The van der Waals surface area contributed by atoms with E-state index in [1.807, 2.05) is 6.92 Å².